The highest BCUT2D eigenvalue weighted by atomic mass is 79.9. The molecule has 0 saturated heterocycles. The number of hydrogen-bond donors (Lipinski definition) is 1. The molecule has 0 unspecified atom stereocenters. The van der Waals surface area contributed by atoms with Gasteiger partial charge in [0.15, 0.2) is 6.61 Å². The minimum atomic E-state index is -0.619. The molecule has 0 saturated carbocycles. The van der Waals surface area contributed by atoms with Gasteiger partial charge in [-0.15, -0.1) is 0 Å². The first-order valence-electron chi connectivity index (χ1n) is 7.19. The predicted octanol–water partition coefficient (Wildman–Crippen LogP) is 3.67. The Kier molecular flexibility index (Phi) is 5.87. The van der Waals surface area contributed by atoms with Crippen LogP contribution < -0.4 is 5.32 Å². The van der Waals surface area contributed by atoms with E-state index in [0.717, 1.165) is 15.6 Å². The molecule has 124 valence electrons. The standard InChI is InChI=1S/C18H16BrNO4/c1-11-7-15(19)8-12(2)17(11)20-16(22)10-24-18(23)14-5-3-13(9-21)4-6-14/h3-9H,10H2,1-2H3,(H,20,22). The minimum absolute atomic E-state index is 0.282. The van der Waals surface area contributed by atoms with Crippen LogP contribution in [0, 0.1) is 13.8 Å². The monoisotopic (exact) mass is 389 g/mol. The number of benzene rings is 2. The zero-order valence-electron chi connectivity index (χ0n) is 13.3. The molecule has 0 aliphatic rings. The highest BCUT2D eigenvalue weighted by Gasteiger charge is 2.12. The number of anilines is 1. The number of hydrogen-bond acceptors (Lipinski definition) is 4. The van der Waals surface area contributed by atoms with Crippen LogP contribution in [0.4, 0.5) is 5.69 Å². The van der Waals surface area contributed by atoms with E-state index in [-0.39, 0.29) is 12.2 Å². The number of nitrogens with one attached hydrogen (secondary N) is 1. The van der Waals surface area contributed by atoms with E-state index in [1.54, 1.807) is 0 Å². The van der Waals surface area contributed by atoms with Gasteiger partial charge in [-0.25, -0.2) is 4.79 Å². The van der Waals surface area contributed by atoms with Crippen molar-refractivity contribution in [1.29, 1.82) is 0 Å². The van der Waals surface area contributed by atoms with E-state index in [0.29, 0.717) is 17.5 Å². The number of esters is 1. The van der Waals surface area contributed by atoms with Gasteiger partial charge in [-0.05, 0) is 49.2 Å². The quantitative estimate of drug-likeness (QED) is 0.625. The zero-order chi connectivity index (χ0) is 17.7. The van der Waals surface area contributed by atoms with Gasteiger partial charge in [0.05, 0.1) is 5.56 Å². The Labute approximate surface area is 148 Å². The molecule has 0 spiro atoms. The lowest BCUT2D eigenvalue weighted by molar-refractivity contribution is -0.119. The molecule has 0 aliphatic heterocycles. The summed E-state index contributed by atoms with van der Waals surface area (Å²) in [5.41, 5.74) is 3.27. The first kappa shape index (κ1) is 17.9. The third-order valence-electron chi connectivity index (χ3n) is 3.38. The van der Waals surface area contributed by atoms with Crippen molar-refractivity contribution in [2.75, 3.05) is 11.9 Å². The van der Waals surface area contributed by atoms with Crippen LogP contribution in [0.25, 0.3) is 0 Å². The molecule has 6 heteroatoms. The number of carbonyl (C=O) groups excluding carboxylic acids is 3. The minimum Gasteiger partial charge on any atom is -0.452 e. The normalized spacial score (nSPS) is 10.1. The van der Waals surface area contributed by atoms with Crippen molar-refractivity contribution in [2.24, 2.45) is 0 Å². The molecule has 0 fully saturated rings. The largest absolute Gasteiger partial charge is 0.452 e. The molecule has 1 N–H and O–H groups in total. The number of aryl methyl sites for hydroxylation is 2. The van der Waals surface area contributed by atoms with Crippen LogP contribution in [0.5, 0.6) is 0 Å². The molecule has 2 aromatic carbocycles. The second-order valence-electron chi connectivity index (χ2n) is 5.28. The molecular formula is C18H16BrNO4. The van der Waals surface area contributed by atoms with Gasteiger partial charge in [0.2, 0.25) is 0 Å². The summed E-state index contributed by atoms with van der Waals surface area (Å²) in [5.74, 6) is -1.03. The predicted molar refractivity (Wildman–Crippen MR) is 94.4 cm³/mol. The molecule has 5 nitrogen and oxygen atoms in total. The molecule has 0 atom stereocenters. The maximum Gasteiger partial charge on any atom is 0.338 e. The molecule has 0 radical (unpaired) electrons. The summed E-state index contributed by atoms with van der Waals surface area (Å²) in [7, 11) is 0. The summed E-state index contributed by atoms with van der Waals surface area (Å²) < 4.78 is 5.92. The Balaban J connectivity index is 1.95. The van der Waals surface area contributed by atoms with Gasteiger partial charge in [-0.3, -0.25) is 9.59 Å². The van der Waals surface area contributed by atoms with E-state index in [9.17, 15) is 14.4 Å². The maximum absolute atomic E-state index is 12.0. The second kappa shape index (κ2) is 7.88. The third kappa shape index (κ3) is 4.52. The topological polar surface area (TPSA) is 72.5 Å². The summed E-state index contributed by atoms with van der Waals surface area (Å²) in [6, 6.07) is 9.77. The Morgan fingerprint density at radius 3 is 2.25 bits per heavy atom. The summed E-state index contributed by atoms with van der Waals surface area (Å²) in [5, 5.41) is 2.75. The van der Waals surface area contributed by atoms with Gasteiger partial charge in [-0.1, -0.05) is 28.1 Å². The molecule has 0 aromatic heterocycles. The van der Waals surface area contributed by atoms with E-state index in [1.165, 1.54) is 24.3 Å². The average molecular weight is 390 g/mol. The van der Waals surface area contributed by atoms with Crippen molar-refractivity contribution in [2.45, 2.75) is 13.8 Å². The molecule has 2 aromatic rings. The van der Waals surface area contributed by atoms with E-state index >= 15 is 0 Å². The third-order valence-corrected chi connectivity index (χ3v) is 3.84. The Hall–Kier alpha value is -2.47. The molecule has 0 aliphatic carbocycles. The molecule has 1 amide bonds. The molecular weight excluding hydrogens is 374 g/mol. The lowest BCUT2D eigenvalue weighted by Crippen LogP contribution is -2.21. The highest BCUT2D eigenvalue weighted by molar-refractivity contribution is 9.10. The van der Waals surface area contributed by atoms with Crippen LogP contribution in [-0.4, -0.2) is 24.8 Å². The van der Waals surface area contributed by atoms with Crippen LogP contribution in [0.15, 0.2) is 40.9 Å². The van der Waals surface area contributed by atoms with Crippen molar-refractivity contribution < 1.29 is 19.1 Å². The van der Waals surface area contributed by atoms with E-state index in [1.807, 2.05) is 26.0 Å². The van der Waals surface area contributed by atoms with Gasteiger partial charge < -0.3 is 10.1 Å². The molecule has 2 rings (SSSR count). The van der Waals surface area contributed by atoms with Crippen molar-refractivity contribution in [3.8, 4) is 0 Å². The van der Waals surface area contributed by atoms with Crippen LogP contribution in [0.3, 0.4) is 0 Å². The highest BCUT2D eigenvalue weighted by Crippen LogP contribution is 2.25. The fourth-order valence-electron chi connectivity index (χ4n) is 2.20. The van der Waals surface area contributed by atoms with Crippen LogP contribution in [-0.2, 0) is 9.53 Å². The lowest BCUT2D eigenvalue weighted by atomic mass is 10.1. The zero-order valence-corrected chi connectivity index (χ0v) is 14.8. The van der Waals surface area contributed by atoms with E-state index in [2.05, 4.69) is 21.2 Å². The van der Waals surface area contributed by atoms with Gasteiger partial charge in [-0.2, -0.15) is 0 Å². The van der Waals surface area contributed by atoms with Gasteiger partial charge in [0.25, 0.3) is 5.91 Å². The van der Waals surface area contributed by atoms with Crippen LogP contribution >= 0.6 is 15.9 Å². The summed E-state index contributed by atoms with van der Waals surface area (Å²) in [6.07, 6.45) is 0.686. The lowest BCUT2D eigenvalue weighted by Gasteiger charge is -2.12. The Morgan fingerprint density at radius 1 is 1.12 bits per heavy atom. The SMILES string of the molecule is Cc1cc(Br)cc(C)c1NC(=O)COC(=O)c1ccc(C=O)cc1. The fraction of sp³-hybridized carbons (Fsp3) is 0.167. The maximum atomic E-state index is 12.0. The number of halogens is 1. The van der Waals surface area contributed by atoms with Crippen molar-refractivity contribution >= 4 is 39.8 Å². The first-order chi connectivity index (χ1) is 11.4. The number of carbonyl (C=O) groups is 3. The smallest absolute Gasteiger partial charge is 0.338 e. The van der Waals surface area contributed by atoms with E-state index < -0.39 is 11.9 Å². The molecule has 24 heavy (non-hydrogen) atoms. The van der Waals surface area contributed by atoms with Gasteiger partial charge in [0, 0.05) is 15.7 Å². The fourth-order valence-corrected chi connectivity index (χ4v) is 2.88. The molecule has 0 heterocycles. The number of amides is 1. The van der Waals surface area contributed by atoms with Gasteiger partial charge in [0.1, 0.15) is 6.29 Å². The Morgan fingerprint density at radius 2 is 1.71 bits per heavy atom. The van der Waals surface area contributed by atoms with Crippen molar-refractivity contribution in [3.05, 3.63) is 63.1 Å². The van der Waals surface area contributed by atoms with Crippen LogP contribution in [0.1, 0.15) is 31.8 Å². The number of aldehydes is 1. The number of ether oxygens (including phenoxy) is 1. The summed E-state index contributed by atoms with van der Waals surface area (Å²) >= 11 is 3.40. The van der Waals surface area contributed by atoms with Crippen molar-refractivity contribution in [1.82, 2.24) is 0 Å². The van der Waals surface area contributed by atoms with Crippen LogP contribution in [0.2, 0.25) is 0 Å². The molecule has 0 bridgehead atoms. The van der Waals surface area contributed by atoms with Gasteiger partial charge >= 0.3 is 5.97 Å². The summed E-state index contributed by atoms with van der Waals surface area (Å²) in [4.78, 5) is 34.5. The van der Waals surface area contributed by atoms with Crippen molar-refractivity contribution in [3.63, 3.8) is 0 Å². The second-order valence-corrected chi connectivity index (χ2v) is 6.19. The van der Waals surface area contributed by atoms with E-state index in [4.69, 9.17) is 4.74 Å². The summed E-state index contributed by atoms with van der Waals surface area (Å²) in [6.45, 7) is 3.38. The first-order valence-corrected chi connectivity index (χ1v) is 7.99. The average Bonchev–Trinajstić information content (AvgIpc) is 2.56. The Bertz CT molecular complexity index is 761. The number of rotatable bonds is 5.